The Balaban J connectivity index is 2.17. The minimum absolute atomic E-state index is 0.0651. The fourth-order valence-electron chi connectivity index (χ4n) is 1.81. The molecule has 1 heterocycles. The van der Waals surface area contributed by atoms with Crippen LogP contribution in [0.3, 0.4) is 0 Å². The molecule has 0 unspecified atom stereocenters. The minimum Gasteiger partial charge on any atom is -0.488 e. The summed E-state index contributed by atoms with van der Waals surface area (Å²) in [6.45, 7) is 3.84. The van der Waals surface area contributed by atoms with E-state index in [0.29, 0.717) is 23.6 Å². The summed E-state index contributed by atoms with van der Waals surface area (Å²) in [5.74, 6) is 0.480. The number of nitrogens with two attached hydrogens (primary N) is 1. The van der Waals surface area contributed by atoms with Crippen LogP contribution in [0.25, 0.3) is 0 Å². The average molecular weight is 256 g/mol. The van der Waals surface area contributed by atoms with Gasteiger partial charge in [0, 0.05) is 23.6 Å². The quantitative estimate of drug-likeness (QED) is 0.674. The van der Waals surface area contributed by atoms with Gasteiger partial charge in [0.15, 0.2) is 5.78 Å². The topological polar surface area (TPSA) is 65.2 Å². The SMILES string of the molecule is CC(=O)c1cc(N)ccc1OCc1cncc(C)c1. The van der Waals surface area contributed by atoms with E-state index in [2.05, 4.69) is 4.98 Å². The van der Waals surface area contributed by atoms with Gasteiger partial charge in [-0.3, -0.25) is 9.78 Å². The number of pyridine rings is 1. The second-order valence-electron chi connectivity index (χ2n) is 4.47. The molecule has 2 aromatic rings. The van der Waals surface area contributed by atoms with E-state index in [-0.39, 0.29) is 5.78 Å². The lowest BCUT2D eigenvalue weighted by Gasteiger charge is -2.10. The number of ketones is 1. The van der Waals surface area contributed by atoms with Gasteiger partial charge >= 0.3 is 0 Å². The summed E-state index contributed by atoms with van der Waals surface area (Å²) in [5.41, 5.74) is 8.76. The fraction of sp³-hybridized carbons (Fsp3) is 0.200. The summed E-state index contributed by atoms with van der Waals surface area (Å²) < 4.78 is 5.68. The van der Waals surface area contributed by atoms with Crippen LogP contribution in [-0.2, 0) is 6.61 Å². The molecule has 0 amide bonds. The number of hydrogen-bond acceptors (Lipinski definition) is 4. The first-order valence-electron chi connectivity index (χ1n) is 6.00. The average Bonchev–Trinajstić information content (AvgIpc) is 2.37. The highest BCUT2D eigenvalue weighted by Gasteiger charge is 2.09. The van der Waals surface area contributed by atoms with Gasteiger partial charge in [-0.1, -0.05) is 0 Å². The molecule has 0 spiro atoms. The molecule has 0 aliphatic carbocycles. The van der Waals surface area contributed by atoms with Gasteiger partial charge in [-0.15, -0.1) is 0 Å². The van der Waals surface area contributed by atoms with Crippen LogP contribution >= 0.6 is 0 Å². The molecule has 0 aliphatic heterocycles. The molecule has 19 heavy (non-hydrogen) atoms. The van der Waals surface area contributed by atoms with Crippen LogP contribution in [0.4, 0.5) is 5.69 Å². The molecule has 0 saturated carbocycles. The van der Waals surface area contributed by atoms with Crippen molar-refractivity contribution in [2.24, 2.45) is 0 Å². The molecule has 2 N–H and O–H groups in total. The predicted octanol–water partition coefficient (Wildman–Crippen LogP) is 2.75. The summed E-state index contributed by atoms with van der Waals surface area (Å²) in [5, 5.41) is 0. The van der Waals surface area contributed by atoms with Crippen molar-refractivity contribution in [1.82, 2.24) is 4.98 Å². The maximum Gasteiger partial charge on any atom is 0.163 e. The van der Waals surface area contributed by atoms with Gasteiger partial charge in [0.25, 0.3) is 0 Å². The van der Waals surface area contributed by atoms with E-state index >= 15 is 0 Å². The molecule has 0 bridgehead atoms. The molecule has 0 saturated heterocycles. The Kier molecular flexibility index (Phi) is 3.80. The van der Waals surface area contributed by atoms with E-state index in [1.54, 1.807) is 30.6 Å². The summed E-state index contributed by atoms with van der Waals surface area (Å²) in [4.78, 5) is 15.6. The number of aromatic nitrogens is 1. The van der Waals surface area contributed by atoms with Gasteiger partial charge in [-0.05, 0) is 43.7 Å². The molecular formula is C15H16N2O2. The lowest BCUT2D eigenvalue weighted by Crippen LogP contribution is -2.03. The third-order valence-corrected chi connectivity index (χ3v) is 2.71. The number of Topliss-reactive ketones (excluding diaryl/α,β-unsaturated/α-hetero) is 1. The van der Waals surface area contributed by atoms with E-state index in [9.17, 15) is 4.79 Å². The maximum atomic E-state index is 11.5. The summed E-state index contributed by atoms with van der Waals surface area (Å²) in [6, 6.07) is 7.06. The number of carbonyl (C=O) groups is 1. The Morgan fingerprint density at radius 3 is 2.79 bits per heavy atom. The van der Waals surface area contributed by atoms with Crippen molar-refractivity contribution in [2.45, 2.75) is 20.5 Å². The van der Waals surface area contributed by atoms with E-state index in [1.165, 1.54) is 6.92 Å². The van der Waals surface area contributed by atoms with Crippen molar-refractivity contribution in [3.63, 3.8) is 0 Å². The van der Waals surface area contributed by atoms with Crippen LogP contribution in [0.5, 0.6) is 5.75 Å². The Bertz CT molecular complexity index is 609. The van der Waals surface area contributed by atoms with E-state index in [0.717, 1.165) is 11.1 Å². The number of nitrogen functional groups attached to an aromatic ring is 1. The zero-order valence-electron chi connectivity index (χ0n) is 11.0. The monoisotopic (exact) mass is 256 g/mol. The molecule has 0 atom stereocenters. The maximum absolute atomic E-state index is 11.5. The number of carbonyl (C=O) groups excluding carboxylic acids is 1. The molecule has 1 aromatic carbocycles. The highest BCUT2D eigenvalue weighted by Crippen LogP contribution is 2.23. The Morgan fingerprint density at radius 2 is 2.11 bits per heavy atom. The van der Waals surface area contributed by atoms with Crippen LogP contribution in [-0.4, -0.2) is 10.8 Å². The zero-order valence-corrected chi connectivity index (χ0v) is 11.0. The van der Waals surface area contributed by atoms with Gasteiger partial charge < -0.3 is 10.5 Å². The van der Waals surface area contributed by atoms with Crippen molar-refractivity contribution in [2.75, 3.05) is 5.73 Å². The standard InChI is InChI=1S/C15H16N2O2/c1-10-5-12(8-17-7-10)9-19-15-4-3-13(16)6-14(15)11(2)18/h3-8H,9,16H2,1-2H3. The third-order valence-electron chi connectivity index (χ3n) is 2.71. The predicted molar refractivity (Wildman–Crippen MR) is 74.2 cm³/mol. The highest BCUT2D eigenvalue weighted by molar-refractivity contribution is 5.97. The molecule has 0 aliphatic rings. The molecular weight excluding hydrogens is 240 g/mol. The van der Waals surface area contributed by atoms with Crippen LogP contribution < -0.4 is 10.5 Å². The summed E-state index contributed by atoms with van der Waals surface area (Å²) in [7, 11) is 0. The second-order valence-corrected chi connectivity index (χ2v) is 4.47. The largest absolute Gasteiger partial charge is 0.488 e. The fourth-order valence-corrected chi connectivity index (χ4v) is 1.81. The van der Waals surface area contributed by atoms with E-state index < -0.39 is 0 Å². The number of ether oxygens (including phenoxy) is 1. The first-order valence-corrected chi connectivity index (χ1v) is 6.00. The van der Waals surface area contributed by atoms with Gasteiger partial charge in [0.1, 0.15) is 12.4 Å². The molecule has 0 fully saturated rings. The molecule has 0 radical (unpaired) electrons. The third kappa shape index (κ3) is 3.31. The number of benzene rings is 1. The van der Waals surface area contributed by atoms with Gasteiger partial charge in [-0.2, -0.15) is 0 Å². The Hall–Kier alpha value is -2.36. The van der Waals surface area contributed by atoms with Crippen LogP contribution in [0.15, 0.2) is 36.7 Å². The van der Waals surface area contributed by atoms with Crippen molar-refractivity contribution in [3.8, 4) is 5.75 Å². The molecule has 4 nitrogen and oxygen atoms in total. The second kappa shape index (κ2) is 5.52. The number of hydrogen-bond donors (Lipinski definition) is 1. The van der Waals surface area contributed by atoms with Crippen molar-refractivity contribution < 1.29 is 9.53 Å². The first kappa shape index (κ1) is 13.1. The summed E-state index contributed by atoms with van der Waals surface area (Å²) in [6.07, 6.45) is 3.53. The lowest BCUT2D eigenvalue weighted by atomic mass is 10.1. The zero-order chi connectivity index (χ0) is 13.8. The summed E-state index contributed by atoms with van der Waals surface area (Å²) >= 11 is 0. The number of aryl methyl sites for hydroxylation is 1. The van der Waals surface area contributed by atoms with Gasteiger partial charge in [0.05, 0.1) is 5.56 Å². The van der Waals surface area contributed by atoms with E-state index in [1.807, 2.05) is 13.0 Å². The van der Waals surface area contributed by atoms with Crippen molar-refractivity contribution in [1.29, 1.82) is 0 Å². The highest BCUT2D eigenvalue weighted by atomic mass is 16.5. The first-order chi connectivity index (χ1) is 9.06. The molecule has 98 valence electrons. The van der Waals surface area contributed by atoms with Crippen LogP contribution in [0.2, 0.25) is 0 Å². The van der Waals surface area contributed by atoms with Crippen LogP contribution in [0.1, 0.15) is 28.4 Å². The Labute approximate surface area is 112 Å². The lowest BCUT2D eigenvalue weighted by molar-refractivity contribution is 0.101. The van der Waals surface area contributed by atoms with E-state index in [4.69, 9.17) is 10.5 Å². The molecule has 2 rings (SSSR count). The minimum atomic E-state index is -0.0651. The normalized spacial score (nSPS) is 10.2. The molecule has 4 heteroatoms. The number of nitrogens with zero attached hydrogens (tertiary/aromatic N) is 1. The number of rotatable bonds is 4. The van der Waals surface area contributed by atoms with Crippen LogP contribution in [0, 0.1) is 6.92 Å². The van der Waals surface area contributed by atoms with Gasteiger partial charge in [-0.25, -0.2) is 0 Å². The van der Waals surface area contributed by atoms with Crippen molar-refractivity contribution >= 4 is 11.5 Å². The van der Waals surface area contributed by atoms with Gasteiger partial charge in [0.2, 0.25) is 0 Å². The molecule has 1 aromatic heterocycles. The number of anilines is 1. The Morgan fingerprint density at radius 1 is 1.32 bits per heavy atom. The smallest absolute Gasteiger partial charge is 0.163 e. The van der Waals surface area contributed by atoms with Crippen molar-refractivity contribution in [3.05, 3.63) is 53.3 Å².